The van der Waals surface area contributed by atoms with Crippen molar-refractivity contribution in [2.45, 2.75) is 25.3 Å². The van der Waals surface area contributed by atoms with Crippen LogP contribution in [0.1, 0.15) is 28.8 Å². The van der Waals surface area contributed by atoms with Crippen molar-refractivity contribution in [3.63, 3.8) is 0 Å². The summed E-state index contributed by atoms with van der Waals surface area (Å²) in [6.45, 7) is 0.745. The number of nitrogen functional groups attached to an aromatic ring is 1. The summed E-state index contributed by atoms with van der Waals surface area (Å²) < 4.78 is 4.09. The van der Waals surface area contributed by atoms with Crippen LogP contribution in [-0.4, -0.2) is 22.9 Å². The summed E-state index contributed by atoms with van der Waals surface area (Å²) in [6, 6.07) is 10.5. The number of carbonyl (C=O) groups is 1. The molecule has 0 unspecified atom stereocenters. The molecule has 1 heterocycles. The van der Waals surface area contributed by atoms with Crippen LogP contribution in [0.3, 0.4) is 0 Å². The monoisotopic (exact) mass is 302 g/mol. The van der Waals surface area contributed by atoms with Gasteiger partial charge in [0.25, 0.3) is 5.91 Å². The van der Waals surface area contributed by atoms with Gasteiger partial charge >= 0.3 is 0 Å². The molecule has 0 bridgehead atoms. The van der Waals surface area contributed by atoms with Crippen molar-refractivity contribution in [3.8, 4) is 0 Å². The van der Waals surface area contributed by atoms with Crippen molar-refractivity contribution < 1.29 is 4.79 Å². The Bertz CT molecular complexity index is 622. The summed E-state index contributed by atoms with van der Waals surface area (Å²) >= 11 is 1.24. The minimum atomic E-state index is -0.119. The summed E-state index contributed by atoms with van der Waals surface area (Å²) in [4.78, 5) is 12.2. The molecule has 1 amide bonds. The maximum Gasteiger partial charge on any atom is 0.258 e. The summed E-state index contributed by atoms with van der Waals surface area (Å²) in [5.41, 5.74) is 7.56. The molecule has 6 heteroatoms. The van der Waals surface area contributed by atoms with Crippen LogP contribution in [0.4, 0.5) is 10.8 Å². The Labute approximate surface area is 127 Å². The zero-order valence-electron chi connectivity index (χ0n) is 11.6. The molecule has 0 saturated heterocycles. The number of benzene rings is 1. The third kappa shape index (κ3) is 3.52. The van der Waals surface area contributed by atoms with Crippen molar-refractivity contribution in [2.24, 2.45) is 0 Å². The lowest BCUT2D eigenvalue weighted by molar-refractivity contribution is 0.0953. The highest BCUT2D eigenvalue weighted by Crippen LogP contribution is 2.28. The standard InChI is InChI=1S/C15H18N4OS/c16-13-12(14(20)18-11-6-7-11)15(21-19-13)17-9-8-10-4-2-1-3-5-10/h1-5,11,17H,6-9H2,(H2,16,19)(H,18,20). The van der Waals surface area contributed by atoms with Gasteiger partial charge in [-0.3, -0.25) is 4.79 Å². The van der Waals surface area contributed by atoms with Crippen LogP contribution < -0.4 is 16.4 Å². The molecular weight excluding hydrogens is 284 g/mol. The van der Waals surface area contributed by atoms with E-state index in [0.717, 1.165) is 30.8 Å². The van der Waals surface area contributed by atoms with Gasteiger partial charge in [-0.2, -0.15) is 4.37 Å². The molecule has 1 aromatic heterocycles. The Morgan fingerprint density at radius 1 is 1.33 bits per heavy atom. The molecule has 0 radical (unpaired) electrons. The second-order valence-electron chi connectivity index (χ2n) is 5.18. The number of aromatic nitrogens is 1. The Morgan fingerprint density at radius 2 is 2.10 bits per heavy atom. The lowest BCUT2D eigenvalue weighted by Crippen LogP contribution is -2.26. The first-order valence-electron chi connectivity index (χ1n) is 7.08. The number of carbonyl (C=O) groups excluding carboxylic acids is 1. The molecule has 0 aliphatic heterocycles. The second-order valence-corrected chi connectivity index (χ2v) is 5.96. The fourth-order valence-corrected chi connectivity index (χ4v) is 2.83. The van der Waals surface area contributed by atoms with Gasteiger partial charge in [0.2, 0.25) is 0 Å². The zero-order chi connectivity index (χ0) is 14.7. The quantitative estimate of drug-likeness (QED) is 0.765. The van der Waals surface area contributed by atoms with E-state index in [1.165, 1.54) is 17.1 Å². The molecule has 21 heavy (non-hydrogen) atoms. The molecule has 1 aliphatic rings. The van der Waals surface area contributed by atoms with Gasteiger partial charge in [0.1, 0.15) is 10.6 Å². The van der Waals surface area contributed by atoms with Crippen LogP contribution in [0.15, 0.2) is 30.3 Å². The van der Waals surface area contributed by atoms with E-state index in [9.17, 15) is 4.79 Å². The van der Waals surface area contributed by atoms with E-state index in [2.05, 4.69) is 27.1 Å². The number of hydrogen-bond donors (Lipinski definition) is 3. The van der Waals surface area contributed by atoms with E-state index < -0.39 is 0 Å². The van der Waals surface area contributed by atoms with Crippen molar-refractivity contribution in [2.75, 3.05) is 17.6 Å². The average molecular weight is 302 g/mol. The number of rotatable bonds is 6. The maximum atomic E-state index is 12.2. The molecule has 1 fully saturated rings. The van der Waals surface area contributed by atoms with E-state index in [1.54, 1.807) is 0 Å². The molecule has 3 rings (SSSR count). The molecule has 2 aromatic rings. The first-order chi connectivity index (χ1) is 10.2. The van der Waals surface area contributed by atoms with Crippen molar-refractivity contribution in [1.82, 2.24) is 9.69 Å². The lowest BCUT2D eigenvalue weighted by atomic mass is 10.1. The van der Waals surface area contributed by atoms with Gasteiger partial charge < -0.3 is 16.4 Å². The Hall–Kier alpha value is -2.08. The summed E-state index contributed by atoms with van der Waals surface area (Å²) in [5, 5.41) is 6.98. The third-order valence-corrected chi connectivity index (χ3v) is 4.22. The Balaban J connectivity index is 1.61. The van der Waals surface area contributed by atoms with Crippen LogP contribution in [0, 0.1) is 0 Å². The first kappa shape index (κ1) is 13.9. The van der Waals surface area contributed by atoms with Gasteiger partial charge in [-0.1, -0.05) is 30.3 Å². The molecule has 1 aromatic carbocycles. The Kier molecular flexibility index (Phi) is 4.06. The average Bonchev–Trinajstić information content (AvgIpc) is 3.22. The molecule has 1 saturated carbocycles. The molecule has 1 aliphatic carbocycles. The highest BCUT2D eigenvalue weighted by molar-refractivity contribution is 7.11. The van der Waals surface area contributed by atoms with Gasteiger partial charge in [-0.25, -0.2) is 0 Å². The zero-order valence-corrected chi connectivity index (χ0v) is 12.5. The fraction of sp³-hybridized carbons (Fsp3) is 0.333. The van der Waals surface area contributed by atoms with E-state index >= 15 is 0 Å². The number of nitrogens with one attached hydrogen (secondary N) is 2. The highest BCUT2D eigenvalue weighted by Gasteiger charge is 2.27. The summed E-state index contributed by atoms with van der Waals surface area (Å²) in [5.74, 6) is 0.186. The number of anilines is 2. The minimum absolute atomic E-state index is 0.119. The van der Waals surface area contributed by atoms with Gasteiger partial charge in [-0.05, 0) is 36.4 Å². The van der Waals surface area contributed by atoms with Crippen LogP contribution >= 0.6 is 11.5 Å². The lowest BCUT2D eigenvalue weighted by Gasteiger charge is -2.07. The van der Waals surface area contributed by atoms with Crippen LogP contribution in [0.2, 0.25) is 0 Å². The van der Waals surface area contributed by atoms with Crippen molar-refractivity contribution >= 4 is 28.3 Å². The number of nitrogens with zero attached hydrogens (tertiary/aromatic N) is 1. The summed E-state index contributed by atoms with van der Waals surface area (Å²) in [7, 11) is 0. The molecule has 110 valence electrons. The molecule has 0 spiro atoms. The number of amides is 1. The largest absolute Gasteiger partial charge is 0.382 e. The van der Waals surface area contributed by atoms with Crippen molar-refractivity contribution in [3.05, 3.63) is 41.5 Å². The van der Waals surface area contributed by atoms with Gasteiger partial charge in [0.05, 0.1) is 0 Å². The van der Waals surface area contributed by atoms with Gasteiger partial charge in [0.15, 0.2) is 5.82 Å². The van der Waals surface area contributed by atoms with E-state index in [0.29, 0.717) is 17.4 Å². The summed E-state index contributed by atoms with van der Waals surface area (Å²) in [6.07, 6.45) is 3.00. The second kappa shape index (κ2) is 6.13. The normalized spacial score (nSPS) is 13.9. The first-order valence-corrected chi connectivity index (χ1v) is 7.85. The van der Waals surface area contributed by atoms with E-state index in [-0.39, 0.29) is 5.91 Å². The topological polar surface area (TPSA) is 80.0 Å². The Morgan fingerprint density at radius 3 is 2.81 bits per heavy atom. The smallest absolute Gasteiger partial charge is 0.258 e. The van der Waals surface area contributed by atoms with Crippen LogP contribution in [0.25, 0.3) is 0 Å². The van der Waals surface area contributed by atoms with Crippen LogP contribution in [-0.2, 0) is 6.42 Å². The van der Waals surface area contributed by atoms with E-state index in [1.807, 2.05) is 18.2 Å². The highest BCUT2D eigenvalue weighted by atomic mass is 32.1. The third-order valence-electron chi connectivity index (χ3n) is 3.40. The minimum Gasteiger partial charge on any atom is -0.382 e. The van der Waals surface area contributed by atoms with Crippen LogP contribution in [0.5, 0.6) is 0 Å². The molecule has 5 nitrogen and oxygen atoms in total. The number of hydrogen-bond acceptors (Lipinski definition) is 5. The van der Waals surface area contributed by atoms with Gasteiger partial charge in [-0.15, -0.1) is 0 Å². The molecule has 4 N–H and O–H groups in total. The number of nitrogens with two attached hydrogens (primary N) is 1. The predicted octanol–water partition coefficient (Wildman–Crippen LogP) is 2.27. The molecular formula is C15H18N4OS. The maximum absolute atomic E-state index is 12.2. The SMILES string of the molecule is Nc1nsc(NCCc2ccccc2)c1C(=O)NC1CC1. The fourth-order valence-electron chi connectivity index (χ4n) is 2.09. The predicted molar refractivity (Wildman–Crippen MR) is 85.7 cm³/mol. The van der Waals surface area contributed by atoms with Gasteiger partial charge in [0, 0.05) is 12.6 Å². The van der Waals surface area contributed by atoms with Crippen molar-refractivity contribution in [1.29, 1.82) is 0 Å². The van der Waals surface area contributed by atoms with E-state index in [4.69, 9.17) is 5.73 Å². The molecule has 0 atom stereocenters.